The zero-order valence-corrected chi connectivity index (χ0v) is 21.2. The maximum atomic E-state index is 13.3. The van der Waals surface area contributed by atoms with Crippen molar-refractivity contribution in [2.75, 3.05) is 23.3 Å². The summed E-state index contributed by atoms with van der Waals surface area (Å²) in [5, 5.41) is 9.41. The van der Waals surface area contributed by atoms with Crippen LogP contribution in [0.4, 0.5) is 11.5 Å². The number of hydrogen-bond donors (Lipinski definition) is 1. The standard InChI is InChI=1S/C28H29N5OS/c1-4-32(5-2)19-15-13-18(14-16-19)25-24-17(3)31-33(28-30-20-9-6-7-12-23(20)35-28)27(24)29-21-10-8-11-22(34)26(21)25/h6-7,9,12-16,25,29H,4-5,8,10-11H2,1-3H3. The van der Waals surface area contributed by atoms with Gasteiger partial charge in [-0.15, -0.1) is 0 Å². The first kappa shape index (κ1) is 22.0. The third kappa shape index (κ3) is 3.57. The molecule has 1 atom stereocenters. The molecule has 6 rings (SSSR count). The molecule has 1 aliphatic heterocycles. The van der Waals surface area contributed by atoms with Crippen LogP contribution in [0.5, 0.6) is 0 Å². The van der Waals surface area contributed by atoms with Crippen molar-refractivity contribution in [3.8, 4) is 5.13 Å². The van der Waals surface area contributed by atoms with Crippen molar-refractivity contribution in [1.82, 2.24) is 14.8 Å². The van der Waals surface area contributed by atoms with E-state index in [0.717, 1.165) is 75.2 Å². The quantitative estimate of drug-likeness (QED) is 0.366. The lowest BCUT2D eigenvalue weighted by Crippen LogP contribution is -2.27. The van der Waals surface area contributed by atoms with Gasteiger partial charge >= 0.3 is 0 Å². The lowest BCUT2D eigenvalue weighted by atomic mass is 9.76. The molecule has 2 aromatic heterocycles. The number of thiazole rings is 1. The molecule has 7 heteroatoms. The van der Waals surface area contributed by atoms with Gasteiger partial charge in [-0.25, -0.2) is 4.98 Å². The molecule has 0 spiro atoms. The number of benzene rings is 2. The summed E-state index contributed by atoms with van der Waals surface area (Å²) in [7, 11) is 0. The SMILES string of the molecule is CCN(CC)c1ccc(C2C3=C(CCCC3=O)Nc3c2c(C)nn3-c2nc3ccccc3s2)cc1. The third-order valence-electron chi connectivity index (χ3n) is 7.23. The number of fused-ring (bicyclic) bond motifs is 2. The molecular formula is C28H29N5OS. The minimum absolute atomic E-state index is 0.122. The van der Waals surface area contributed by atoms with Crippen molar-refractivity contribution in [1.29, 1.82) is 0 Å². The van der Waals surface area contributed by atoms with Gasteiger partial charge in [0.05, 0.1) is 15.9 Å². The zero-order valence-electron chi connectivity index (χ0n) is 20.3. The smallest absolute Gasteiger partial charge is 0.213 e. The Hall–Kier alpha value is -3.45. The lowest BCUT2D eigenvalue weighted by Gasteiger charge is -2.33. The summed E-state index contributed by atoms with van der Waals surface area (Å²) >= 11 is 1.63. The highest BCUT2D eigenvalue weighted by atomic mass is 32.1. The average Bonchev–Trinajstić information content (AvgIpc) is 3.45. The number of carbonyl (C=O) groups is 1. The maximum absolute atomic E-state index is 13.3. The number of nitrogens with one attached hydrogen (secondary N) is 1. The van der Waals surface area contributed by atoms with Crippen LogP contribution in [0.15, 0.2) is 59.8 Å². The Kier molecular flexibility index (Phi) is 5.44. The molecule has 35 heavy (non-hydrogen) atoms. The fourth-order valence-corrected chi connectivity index (χ4v) is 6.43. The molecule has 1 N–H and O–H groups in total. The topological polar surface area (TPSA) is 63.1 Å². The van der Waals surface area contributed by atoms with Crippen LogP contribution in [0.3, 0.4) is 0 Å². The molecule has 0 amide bonds. The molecule has 0 saturated heterocycles. The van der Waals surface area contributed by atoms with Crippen LogP contribution in [-0.4, -0.2) is 33.6 Å². The van der Waals surface area contributed by atoms with E-state index in [2.05, 4.69) is 54.4 Å². The van der Waals surface area contributed by atoms with Gasteiger partial charge in [-0.1, -0.05) is 35.6 Å². The molecule has 3 heterocycles. The van der Waals surface area contributed by atoms with E-state index in [1.807, 2.05) is 29.8 Å². The van der Waals surface area contributed by atoms with Crippen LogP contribution in [0.1, 0.15) is 55.8 Å². The van der Waals surface area contributed by atoms with Crippen LogP contribution < -0.4 is 10.2 Å². The van der Waals surface area contributed by atoms with E-state index < -0.39 is 0 Å². The number of hydrogen-bond acceptors (Lipinski definition) is 6. The van der Waals surface area contributed by atoms with Gasteiger partial charge in [0.25, 0.3) is 0 Å². The second-order valence-electron chi connectivity index (χ2n) is 9.21. The number of aromatic nitrogens is 3. The molecule has 6 nitrogen and oxygen atoms in total. The summed E-state index contributed by atoms with van der Waals surface area (Å²) in [4.78, 5) is 20.5. The van der Waals surface area contributed by atoms with Crippen molar-refractivity contribution in [3.63, 3.8) is 0 Å². The largest absolute Gasteiger partial charge is 0.372 e. The molecular weight excluding hydrogens is 454 g/mol. The van der Waals surface area contributed by atoms with E-state index in [4.69, 9.17) is 10.1 Å². The Morgan fingerprint density at radius 1 is 1.09 bits per heavy atom. The fourth-order valence-electron chi connectivity index (χ4n) is 5.51. The monoisotopic (exact) mass is 483 g/mol. The lowest BCUT2D eigenvalue weighted by molar-refractivity contribution is -0.116. The van der Waals surface area contributed by atoms with E-state index >= 15 is 0 Å². The summed E-state index contributed by atoms with van der Waals surface area (Å²) < 4.78 is 3.08. The second-order valence-corrected chi connectivity index (χ2v) is 10.2. The molecule has 0 bridgehead atoms. The summed E-state index contributed by atoms with van der Waals surface area (Å²) in [5.41, 5.74) is 7.27. The molecule has 0 fully saturated rings. The molecule has 0 radical (unpaired) electrons. The van der Waals surface area contributed by atoms with E-state index in [1.165, 1.54) is 5.69 Å². The van der Waals surface area contributed by atoms with Gasteiger partial charge in [0.1, 0.15) is 5.82 Å². The van der Waals surface area contributed by atoms with Crippen LogP contribution in [0.2, 0.25) is 0 Å². The number of aryl methyl sites for hydroxylation is 1. The number of carbonyl (C=O) groups excluding carboxylic acids is 1. The molecule has 178 valence electrons. The Morgan fingerprint density at radius 2 is 1.86 bits per heavy atom. The maximum Gasteiger partial charge on any atom is 0.213 e. The van der Waals surface area contributed by atoms with E-state index in [1.54, 1.807) is 11.3 Å². The minimum Gasteiger partial charge on any atom is -0.372 e. The number of ketones is 1. The second kappa shape index (κ2) is 8.64. The van der Waals surface area contributed by atoms with Gasteiger partial charge in [0.2, 0.25) is 5.13 Å². The highest BCUT2D eigenvalue weighted by molar-refractivity contribution is 7.20. The van der Waals surface area contributed by atoms with Crippen molar-refractivity contribution >= 4 is 38.8 Å². The first-order valence-electron chi connectivity index (χ1n) is 12.4. The molecule has 1 unspecified atom stereocenters. The number of nitrogens with zero attached hydrogens (tertiary/aromatic N) is 4. The normalized spacial score (nSPS) is 17.3. The van der Waals surface area contributed by atoms with Crippen LogP contribution in [-0.2, 0) is 4.79 Å². The zero-order chi connectivity index (χ0) is 24.1. The van der Waals surface area contributed by atoms with Crippen LogP contribution >= 0.6 is 11.3 Å². The van der Waals surface area contributed by atoms with Crippen molar-refractivity contribution in [3.05, 3.63) is 76.6 Å². The first-order valence-corrected chi connectivity index (χ1v) is 13.2. The number of Topliss-reactive ketones (excluding diaryl/α,β-unsaturated/α-hetero) is 1. The van der Waals surface area contributed by atoms with Crippen molar-refractivity contribution < 1.29 is 4.79 Å². The predicted octanol–water partition coefficient (Wildman–Crippen LogP) is 6.20. The van der Waals surface area contributed by atoms with E-state index in [9.17, 15) is 4.79 Å². The predicted molar refractivity (Wildman–Crippen MR) is 143 cm³/mol. The Balaban J connectivity index is 1.51. The van der Waals surface area contributed by atoms with Crippen molar-refractivity contribution in [2.24, 2.45) is 0 Å². The number of allylic oxidation sites excluding steroid dienone is 2. The summed E-state index contributed by atoms with van der Waals surface area (Å²) in [5.74, 6) is 1.06. The highest BCUT2D eigenvalue weighted by Gasteiger charge is 2.39. The molecule has 4 aromatic rings. The summed E-state index contributed by atoms with van der Waals surface area (Å²) in [6.07, 6.45) is 2.36. The van der Waals surface area contributed by atoms with Gasteiger partial charge in [-0.2, -0.15) is 9.78 Å². The Morgan fingerprint density at radius 3 is 2.60 bits per heavy atom. The van der Waals surface area contributed by atoms with Gasteiger partial charge in [0.15, 0.2) is 5.78 Å². The van der Waals surface area contributed by atoms with Gasteiger partial charge in [-0.05, 0) is 63.4 Å². The first-order chi connectivity index (χ1) is 17.1. The number of para-hydroxylation sites is 1. The molecule has 0 saturated carbocycles. The van der Waals surface area contributed by atoms with Crippen LogP contribution in [0, 0.1) is 6.92 Å². The summed E-state index contributed by atoms with van der Waals surface area (Å²) in [6.45, 7) is 8.33. The average molecular weight is 484 g/mol. The Labute approximate surface area is 209 Å². The van der Waals surface area contributed by atoms with E-state index in [0.29, 0.717) is 6.42 Å². The summed E-state index contributed by atoms with van der Waals surface area (Å²) in [6, 6.07) is 16.9. The fraction of sp³-hybridized carbons (Fsp3) is 0.321. The highest BCUT2D eigenvalue weighted by Crippen LogP contribution is 2.47. The van der Waals surface area contributed by atoms with Gasteiger partial charge < -0.3 is 10.2 Å². The van der Waals surface area contributed by atoms with Crippen LogP contribution in [0.25, 0.3) is 15.3 Å². The van der Waals surface area contributed by atoms with Crippen molar-refractivity contribution in [2.45, 2.75) is 46.0 Å². The molecule has 2 aliphatic rings. The Bertz CT molecular complexity index is 1430. The minimum atomic E-state index is -0.122. The molecule has 2 aromatic carbocycles. The third-order valence-corrected chi connectivity index (χ3v) is 8.24. The molecule has 1 aliphatic carbocycles. The number of rotatable bonds is 5. The van der Waals surface area contributed by atoms with E-state index in [-0.39, 0.29) is 11.7 Å². The van der Waals surface area contributed by atoms with Gasteiger partial charge in [0, 0.05) is 47.9 Å². The number of anilines is 2. The van der Waals surface area contributed by atoms with Gasteiger partial charge in [-0.3, -0.25) is 4.79 Å².